The Morgan fingerprint density at radius 1 is 1.10 bits per heavy atom. The molecule has 0 aliphatic rings. The molecule has 0 fully saturated rings. The van der Waals surface area contributed by atoms with E-state index in [4.69, 9.17) is 4.74 Å². The second-order valence-corrected chi connectivity index (χ2v) is 7.71. The predicted octanol–water partition coefficient (Wildman–Crippen LogP) is 4.46. The summed E-state index contributed by atoms with van der Waals surface area (Å²) in [4.78, 5) is 24.9. The summed E-state index contributed by atoms with van der Waals surface area (Å²) in [6.07, 6.45) is -0.231. The minimum Gasteiger partial charge on any atom is -0.502 e. The van der Waals surface area contributed by atoms with Gasteiger partial charge in [0.25, 0.3) is 10.9 Å². The summed E-state index contributed by atoms with van der Waals surface area (Å²) in [6, 6.07) is 15.3. The first kappa shape index (κ1) is 20.8. The van der Waals surface area contributed by atoms with Gasteiger partial charge in [-0.05, 0) is 64.9 Å². The van der Waals surface area contributed by atoms with Crippen molar-refractivity contribution in [1.29, 1.82) is 0 Å². The van der Waals surface area contributed by atoms with Gasteiger partial charge in [-0.2, -0.15) is 11.3 Å². The predicted molar refractivity (Wildman–Crippen MR) is 120 cm³/mol. The summed E-state index contributed by atoms with van der Waals surface area (Å²) >= 11 is 1.58. The highest BCUT2D eigenvalue weighted by Gasteiger charge is 2.21. The van der Waals surface area contributed by atoms with E-state index in [9.17, 15) is 19.1 Å². The molecular formula is C23H19FN2O4S. The van der Waals surface area contributed by atoms with Gasteiger partial charge < -0.3 is 20.1 Å². The van der Waals surface area contributed by atoms with Crippen LogP contribution in [0.15, 0.2) is 74.9 Å². The molecule has 0 spiro atoms. The fraction of sp³-hybridized carbons (Fsp3) is 0.130. The van der Waals surface area contributed by atoms with E-state index in [1.807, 2.05) is 27.8 Å². The SMILES string of the molecule is COC(CN(c1ccc(F)cc1)c1cccc(Nc2c(O)c(=O)c2=O)c1)c1ccsc1. The first-order chi connectivity index (χ1) is 15.0. The van der Waals surface area contributed by atoms with Crippen molar-refractivity contribution < 1.29 is 14.2 Å². The normalized spacial score (nSPS) is 12.1. The molecule has 1 heterocycles. The van der Waals surface area contributed by atoms with Gasteiger partial charge in [-0.15, -0.1) is 0 Å². The van der Waals surface area contributed by atoms with E-state index in [2.05, 4.69) is 5.32 Å². The van der Waals surface area contributed by atoms with E-state index in [0.717, 1.165) is 16.9 Å². The van der Waals surface area contributed by atoms with Crippen molar-refractivity contribution in [3.05, 3.63) is 97.2 Å². The Labute approximate surface area is 181 Å². The fourth-order valence-corrected chi connectivity index (χ4v) is 4.01. The third-order valence-electron chi connectivity index (χ3n) is 5.00. The molecule has 3 aromatic carbocycles. The second kappa shape index (κ2) is 8.71. The molecule has 1 aromatic heterocycles. The molecule has 158 valence electrons. The number of nitrogens with one attached hydrogen (secondary N) is 1. The molecule has 8 heteroatoms. The van der Waals surface area contributed by atoms with E-state index >= 15 is 0 Å². The number of rotatable bonds is 8. The third-order valence-corrected chi connectivity index (χ3v) is 5.70. The number of hydrogen-bond donors (Lipinski definition) is 2. The van der Waals surface area contributed by atoms with Gasteiger partial charge in [0.1, 0.15) is 17.6 Å². The molecule has 2 N–H and O–H groups in total. The molecule has 6 nitrogen and oxygen atoms in total. The van der Waals surface area contributed by atoms with Crippen LogP contribution < -0.4 is 21.1 Å². The number of hydrogen-bond acceptors (Lipinski definition) is 7. The van der Waals surface area contributed by atoms with Gasteiger partial charge >= 0.3 is 0 Å². The number of halogens is 1. The molecule has 4 rings (SSSR count). The smallest absolute Gasteiger partial charge is 0.271 e. The highest BCUT2D eigenvalue weighted by molar-refractivity contribution is 7.07. The summed E-state index contributed by atoms with van der Waals surface area (Å²) in [7, 11) is 1.64. The van der Waals surface area contributed by atoms with Gasteiger partial charge in [0, 0.05) is 24.2 Å². The zero-order valence-electron chi connectivity index (χ0n) is 16.5. The summed E-state index contributed by atoms with van der Waals surface area (Å²) in [5.74, 6) is -0.904. The van der Waals surface area contributed by atoms with Crippen LogP contribution in [-0.2, 0) is 4.74 Å². The lowest BCUT2D eigenvalue weighted by atomic mass is 10.1. The minimum absolute atomic E-state index is 0.122. The molecule has 0 aliphatic heterocycles. The Bertz CT molecular complexity index is 1250. The monoisotopic (exact) mass is 438 g/mol. The van der Waals surface area contributed by atoms with Crippen molar-refractivity contribution in [2.75, 3.05) is 23.9 Å². The van der Waals surface area contributed by atoms with Gasteiger partial charge in [-0.25, -0.2) is 4.39 Å². The Morgan fingerprint density at radius 2 is 1.87 bits per heavy atom. The van der Waals surface area contributed by atoms with Crippen molar-refractivity contribution in [1.82, 2.24) is 0 Å². The molecule has 31 heavy (non-hydrogen) atoms. The topological polar surface area (TPSA) is 78.9 Å². The van der Waals surface area contributed by atoms with Crippen LogP contribution in [0.2, 0.25) is 0 Å². The molecule has 0 radical (unpaired) electrons. The quantitative estimate of drug-likeness (QED) is 0.396. The van der Waals surface area contributed by atoms with Crippen LogP contribution in [0.3, 0.4) is 0 Å². The molecule has 0 saturated heterocycles. The van der Waals surface area contributed by atoms with Gasteiger partial charge in [-0.3, -0.25) is 9.59 Å². The Kier molecular flexibility index (Phi) is 5.83. The number of nitrogens with zero attached hydrogens (tertiary/aromatic N) is 1. The van der Waals surface area contributed by atoms with Gasteiger partial charge in [0.05, 0.1) is 6.54 Å². The average molecular weight is 438 g/mol. The van der Waals surface area contributed by atoms with Crippen molar-refractivity contribution >= 4 is 34.1 Å². The van der Waals surface area contributed by atoms with Crippen LogP contribution in [0.5, 0.6) is 5.75 Å². The van der Waals surface area contributed by atoms with E-state index in [1.165, 1.54) is 12.1 Å². The fourth-order valence-electron chi connectivity index (χ4n) is 3.31. The van der Waals surface area contributed by atoms with E-state index in [-0.39, 0.29) is 17.6 Å². The number of methoxy groups -OCH3 is 1. The third kappa shape index (κ3) is 4.21. The number of thiophene rings is 1. The zero-order valence-corrected chi connectivity index (χ0v) is 17.4. The summed E-state index contributed by atoms with van der Waals surface area (Å²) in [6.45, 7) is 0.452. The van der Waals surface area contributed by atoms with E-state index in [0.29, 0.717) is 12.2 Å². The Hall–Kier alpha value is -3.49. The van der Waals surface area contributed by atoms with E-state index in [1.54, 1.807) is 48.8 Å². The summed E-state index contributed by atoms with van der Waals surface area (Å²) < 4.78 is 19.2. The van der Waals surface area contributed by atoms with Crippen LogP contribution in [-0.4, -0.2) is 18.8 Å². The van der Waals surface area contributed by atoms with Crippen molar-refractivity contribution in [2.24, 2.45) is 0 Å². The molecule has 4 aromatic rings. The van der Waals surface area contributed by atoms with Crippen LogP contribution in [0.1, 0.15) is 11.7 Å². The molecular weight excluding hydrogens is 419 g/mol. The Morgan fingerprint density at radius 3 is 2.52 bits per heavy atom. The first-order valence-corrected chi connectivity index (χ1v) is 10.4. The zero-order chi connectivity index (χ0) is 22.0. The number of benzene rings is 2. The Balaban J connectivity index is 1.69. The number of anilines is 4. The highest BCUT2D eigenvalue weighted by Crippen LogP contribution is 2.33. The second-order valence-electron chi connectivity index (χ2n) is 6.93. The molecule has 1 atom stereocenters. The first-order valence-electron chi connectivity index (χ1n) is 9.45. The van der Waals surface area contributed by atoms with Gasteiger partial charge in [0.15, 0.2) is 5.75 Å². The van der Waals surface area contributed by atoms with Crippen LogP contribution >= 0.6 is 11.3 Å². The maximum Gasteiger partial charge on any atom is 0.271 e. The lowest BCUT2D eigenvalue weighted by Crippen LogP contribution is -2.32. The average Bonchev–Trinajstić information content (AvgIpc) is 3.33. The standard InChI is InChI=1S/C23H19FN2O4S/c1-30-19(14-9-10-31-13-14)12-26(17-7-5-15(24)6-8-17)18-4-2-3-16(11-18)25-20-21(27)23(29)22(20)28/h2-11,13,19,25,27H,12H2,1H3. The van der Waals surface area contributed by atoms with Crippen molar-refractivity contribution in [3.8, 4) is 5.75 Å². The van der Waals surface area contributed by atoms with Gasteiger partial charge in [0.2, 0.25) is 0 Å². The lowest BCUT2D eigenvalue weighted by molar-refractivity contribution is 0.111. The van der Waals surface area contributed by atoms with Gasteiger partial charge in [-0.1, -0.05) is 6.07 Å². The molecule has 1 unspecified atom stereocenters. The maximum absolute atomic E-state index is 13.5. The number of aromatic hydroxyl groups is 1. The van der Waals surface area contributed by atoms with Crippen LogP contribution in [0.25, 0.3) is 0 Å². The van der Waals surface area contributed by atoms with Crippen molar-refractivity contribution in [2.45, 2.75) is 6.10 Å². The summed E-state index contributed by atoms with van der Waals surface area (Å²) in [5.41, 5.74) is 1.29. The van der Waals surface area contributed by atoms with E-state index < -0.39 is 16.6 Å². The molecule has 0 saturated carbocycles. The molecule has 0 aliphatic carbocycles. The molecule has 0 amide bonds. The van der Waals surface area contributed by atoms with Crippen LogP contribution in [0.4, 0.5) is 27.1 Å². The lowest BCUT2D eigenvalue weighted by Gasteiger charge is -2.29. The highest BCUT2D eigenvalue weighted by atomic mass is 32.1. The molecule has 0 bridgehead atoms. The van der Waals surface area contributed by atoms with Crippen molar-refractivity contribution in [3.63, 3.8) is 0 Å². The van der Waals surface area contributed by atoms with Crippen LogP contribution in [0, 0.1) is 5.82 Å². The number of ether oxygens (including phenoxy) is 1. The largest absolute Gasteiger partial charge is 0.502 e. The maximum atomic E-state index is 13.5. The minimum atomic E-state index is -0.898. The summed E-state index contributed by atoms with van der Waals surface area (Å²) in [5, 5.41) is 16.4.